The molecule has 0 saturated carbocycles. The Balaban J connectivity index is 2.03. The highest BCUT2D eigenvalue weighted by atomic mass is 32.1. The largest absolute Gasteiger partial charge is 0.477 e. The standard InChI is InChI=1S/C23H27NOSSi/c1-24(2)22(26)18-15-23(16-11-7-6-8-12-16)20(21(18)27(3,4)5)17-13-9-10-14-19(17)25-23/h6-14,18H,15H2,1-5H3/t18-,23-/m1/s1. The Labute approximate surface area is 168 Å². The quantitative estimate of drug-likeness (QED) is 0.504. The van der Waals surface area contributed by atoms with Crippen molar-refractivity contribution in [1.29, 1.82) is 0 Å². The van der Waals surface area contributed by atoms with Gasteiger partial charge in [0.05, 0.1) is 13.1 Å². The molecular weight excluding hydrogens is 366 g/mol. The third-order valence-corrected chi connectivity index (χ3v) is 8.60. The van der Waals surface area contributed by atoms with Gasteiger partial charge in [-0.3, -0.25) is 0 Å². The van der Waals surface area contributed by atoms with Gasteiger partial charge in [-0.1, -0.05) is 85.6 Å². The van der Waals surface area contributed by atoms with E-state index in [1.807, 2.05) is 0 Å². The van der Waals surface area contributed by atoms with E-state index in [4.69, 9.17) is 17.0 Å². The minimum atomic E-state index is -1.64. The molecule has 1 aliphatic carbocycles. The maximum absolute atomic E-state index is 6.78. The fourth-order valence-electron chi connectivity index (χ4n) is 4.74. The summed E-state index contributed by atoms with van der Waals surface area (Å²) >= 11 is 5.92. The highest BCUT2D eigenvalue weighted by Crippen LogP contribution is 2.61. The number of nitrogens with zero attached hydrogens (tertiary/aromatic N) is 1. The van der Waals surface area contributed by atoms with E-state index >= 15 is 0 Å². The average Bonchev–Trinajstić information content (AvgIpc) is 3.13. The van der Waals surface area contributed by atoms with Crippen LogP contribution in [-0.2, 0) is 5.60 Å². The number of thiocarbonyl (C=S) groups is 1. The van der Waals surface area contributed by atoms with Crippen LogP contribution in [0.2, 0.25) is 19.6 Å². The van der Waals surface area contributed by atoms with Crippen LogP contribution in [0.1, 0.15) is 17.5 Å². The highest BCUT2D eigenvalue weighted by Gasteiger charge is 2.56. The van der Waals surface area contributed by atoms with Gasteiger partial charge in [-0.2, -0.15) is 0 Å². The molecule has 0 bridgehead atoms. The Morgan fingerprint density at radius 1 is 1.04 bits per heavy atom. The second kappa shape index (κ2) is 6.32. The van der Waals surface area contributed by atoms with Gasteiger partial charge in [-0.15, -0.1) is 0 Å². The van der Waals surface area contributed by atoms with E-state index in [1.54, 1.807) is 5.20 Å². The molecule has 27 heavy (non-hydrogen) atoms. The Morgan fingerprint density at radius 3 is 2.30 bits per heavy atom. The lowest BCUT2D eigenvalue weighted by atomic mass is 9.85. The molecule has 0 saturated heterocycles. The van der Waals surface area contributed by atoms with Crippen LogP contribution in [0.5, 0.6) is 5.75 Å². The van der Waals surface area contributed by atoms with E-state index in [-0.39, 0.29) is 5.92 Å². The molecule has 0 unspecified atom stereocenters. The molecule has 2 aromatic rings. The van der Waals surface area contributed by atoms with Gasteiger partial charge in [0.15, 0.2) is 5.60 Å². The fraction of sp³-hybridized carbons (Fsp3) is 0.348. The lowest BCUT2D eigenvalue weighted by Crippen LogP contribution is -2.36. The first-order valence-electron chi connectivity index (χ1n) is 9.56. The summed E-state index contributed by atoms with van der Waals surface area (Å²) < 4.78 is 6.78. The Hall–Kier alpha value is -1.91. The van der Waals surface area contributed by atoms with Gasteiger partial charge < -0.3 is 9.64 Å². The van der Waals surface area contributed by atoms with Crippen molar-refractivity contribution in [3.63, 3.8) is 0 Å². The van der Waals surface area contributed by atoms with E-state index in [0.29, 0.717) is 0 Å². The molecule has 140 valence electrons. The number of rotatable bonds is 3. The molecule has 4 rings (SSSR count). The summed E-state index contributed by atoms with van der Waals surface area (Å²) in [6.07, 6.45) is 0.887. The molecule has 0 radical (unpaired) electrons. The maximum Gasteiger partial charge on any atom is 0.160 e. The molecule has 4 heteroatoms. The van der Waals surface area contributed by atoms with Crippen molar-refractivity contribution in [2.24, 2.45) is 5.92 Å². The molecule has 0 N–H and O–H groups in total. The number of para-hydroxylation sites is 1. The third kappa shape index (κ3) is 2.77. The van der Waals surface area contributed by atoms with Crippen molar-refractivity contribution in [3.8, 4) is 5.75 Å². The highest BCUT2D eigenvalue weighted by molar-refractivity contribution is 7.80. The predicted molar refractivity (Wildman–Crippen MR) is 120 cm³/mol. The molecule has 0 fully saturated rings. The zero-order valence-corrected chi connectivity index (χ0v) is 18.6. The minimum absolute atomic E-state index is 0.255. The number of hydrogen-bond donors (Lipinski definition) is 0. The second-order valence-electron chi connectivity index (χ2n) is 8.82. The molecule has 0 aromatic heterocycles. The third-order valence-electron chi connectivity index (χ3n) is 5.74. The van der Waals surface area contributed by atoms with Crippen molar-refractivity contribution < 1.29 is 4.74 Å². The molecule has 2 nitrogen and oxygen atoms in total. The SMILES string of the molecule is CN(C)C(=S)[C@@H]1C[C@]2(c3ccccc3)Oc3ccccc3C2=C1[Si](C)(C)C. The lowest BCUT2D eigenvalue weighted by molar-refractivity contribution is 0.138. The molecule has 2 atom stereocenters. The first kappa shape index (κ1) is 18.5. The molecule has 2 aromatic carbocycles. The summed E-state index contributed by atoms with van der Waals surface area (Å²) in [5, 5.41) is 1.55. The number of benzene rings is 2. The maximum atomic E-state index is 6.78. The molecule has 0 amide bonds. The van der Waals surface area contributed by atoms with E-state index in [9.17, 15) is 0 Å². The van der Waals surface area contributed by atoms with Crippen LogP contribution < -0.4 is 4.74 Å². The van der Waals surface area contributed by atoms with Gasteiger partial charge in [0, 0.05) is 37.6 Å². The van der Waals surface area contributed by atoms with Crippen LogP contribution in [0, 0.1) is 5.92 Å². The van der Waals surface area contributed by atoms with Crippen LogP contribution in [0.15, 0.2) is 59.8 Å². The van der Waals surface area contributed by atoms with Crippen molar-refractivity contribution in [2.75, 3.05) is 14.1 Å². The summed E-state index contributed by atoms with van der Waals surface area (Å²) in [5.74, 6) is 1.26. The normalized spacial score (nSPS) is 23.7. The summed E-state index contributed by atoms with van der Waals surface area (Å²) in [6.45, 7) is 7.30. The Bertz CT molecular complexity index is 929. The van der Waals surface area contributed by atoms with Gasteiger partial charge >= 0.3 is 0 Å². The average molecular weight is 394 g/mol. The number of fused-ring (bicyclic) bond motifs is 3. The lowest BCUT2D eigenvalue weighted by Gasteiger charge is -2.30. The van der Waals surface area contributed by atoms with Crippen LogP contribution in [0.25, 0.3) is 5.57 Å². The summed E-state index contributed by atoms with van der Waals surface area (Å²) in [7, 11) is 2.48. The summed E-state index contributed by atoms with van der Waals surface area (Å²) in [5.41, 5.74) is 3.45. The molecule has 0 spiro atoms. The van der Waals surface area contributed by atoms with E-state index in [0.717, 1.165) is 17.2 Å². The first-order valence-corrected chi connectivity index (χ1v) is 13.5. The summed E-state index contributed by atoms with van der Waals surface area (Å²) in [4.78, 5) is 3.12. The van der Waals surface area contributed by atoms with Gasteiger partial charge in [0.1, 0.15) is 5.75 Å². The van der Waals surface area contributed by atoms with Crippen LogP contribution in [0.4, 0.5) is 0 Å². The number of ether oxygens (including phenoxy) is 1. The van der Waals surface area contributed by atoms with Crippen molar-refractivity contribution in [3.05, 3.63) is 70.9 Å². The topological polar surface area (TPSA) is 12.5 Å². The van der Waals surface area contributed by atoms with Gasteiger partial charge in [0.2, 0.25) is 0 Å². The minimum Gasteiger partial charge on any atom is -0.477 e. The fourth-order valence-corrected chi connectivity index (χ4v) is 7.41. The van der Waals surface area contributed by atoms with Crippen molar-refractivity contribution >= 4 is 30.9 Å². The van der Waals surface area contributed by atoms with Crippen LogP contribution in [0.3, 0.4) is 0 Å². The molecule has 1 heterocycles. The second-order valence-corrected chi connectivity index (χ2v) is 14.3. The Morgan fingerprint density at radius 2 is 1.67 bits per heavy atom. The number of hydrogen-bond acceptors (Lipinski definition) is 2. The van der Waals surface area contributed by atoms with E-state index in [2.05, 4.69) is 93.2 Å². The van der Waals surface area contributed by atoms with E-state index < -0.39 is 13.7 Å². The van der Waals surface area contributed by atoms with Gasteiger partial charge in [-0.25, -0.2) is 0 Å². The van der Waals surface area contributed by atoms with Crippen LogP contribution in [-0.4, -0.2) is 32.1 Å². The zero-order valence-electron chi connectivity index (χ0n) is 16.7. The monoisotopic (exact) mass is 393 g/mol. The smallest absolute Gasteiger partial charge is 0.160 e. The Kier molecular flexibility index (Phi) is 4.32. The molecule has 1 aliphatic heterocycles. The molecule has 2 aliphatic rings. The predicted octanol–water partition coefficient (Wildman–Crippen LogP) is 5.51. The van der Waals surface area contributed by atoms with Crippen LogP contribution >= 0.6 is 12.2 Å². The molecular formula is C23H27NOSSi. The van der Waals surface area contributed by atoms with Crippen molar-refractivity contribution in [1.82, 2.24) is 4.90 Å². The first-order chi connectivity index (χ1) is 12.8. The van der Waals surface area contributed by atoms with Gasteiger partial charge in [-0.05, 0) is 11.6 Å². The summed E-state index contributed by atoms with van der Waals surface area (Å²) in [6, 6.07) is 19.2. The van der Waals surface area contributed by atoms with E-state index in [1.165, 1.54) is 16.7 Å². The van der Waals surface area contributed by atoms with Crippen molar-refractivity contribution in [2.45, 2.75) is 31.7 Å². The van der Waals surface area contributed by atoms with Gasteiger partial charge in [0.25, 0.3) is 0 Å². The zero-order chi connectivity index (χ0) is 19.4.